The number of carbonyl (C=O) groups is 1. The molecule has 29 heavy (non-hydrogen) atoms. The minimum atomic E-state index is -0.259. The Kier molecular flexibility index (Phi) is 5.42. The normalized spacial score (nSPS) is 13.4. The third-order valence-corrected chi connectivity index (χ3v) is 5.15. The summed E-state index contributed by atoms with van der Waals surface area (Å²) in [6, 6.07) is 15.8. The van der Waals surface area contributed by atoms with Gasteiger partial charge in [-0.05, 0) is 68.1 Å². The standard InChI is InChI=1S/C23H25N5O/c1-16-5-6-17(2)20(13-16)27-22-14-21(24-15-25-22)23(29)26-18-7-9-19(10-8-18)28-11-3-4-12-28/h5-10,13-15H,3-4,11-12H2,1-2H3,(H,26,29)(H,24,25,27). The molecule has 6 nitrogen and oxygen atoms in total. The summed E-state index contributed by atoms with van der Waals surface area (Å²) in [4.78, 5) is 23.4. The monoisotopic (exact) mass is 387 g/mol. The number of rotatable bonds is 5. The Balaban J connectivity index is 1.45. The maximum atomic E-state index is 12.6. The van der Waals surface area contributed by atoms with Gasteiger partial charge in [0.1, 0.15) is 17.8 Å². The van der Waals surface area contributed by atoms with Crippen LogP contribution < -0.4 is 15.5 Å². The molecule has 2 aromatic carbocycles. The lowest BCUT2D eigenvalue weighted by Gasteiger charge is -2.17. The van der Waals surface area contributed by atoms with Crippen molar-refractivity contribution in [2.24, 2.45) is 0 Å². The fraction of sp³-hybridized carbons (Fsp3) is 0.261. The van der Waals surface area contributed by atoms with Crippen molar-refractivity contribution in [3.05, 3.63) is 71.7 Å². The van der Waals surface area contributed by atoms with E-state index in [2.05, 4.69) is 55.8 Å². The van der Waals surface area contributed by atoms with Crippen molar-refractivity contribution >= 4 is 28.8 Å². The second-order valence-electron chi connectivity index (χ2n) is 7.43. The molecule has 1 aromatic heterocycles. The fourth-order valence-electron chi connectivity index (χ4n) is 3.48. The molecule has 0 bridgehead atoms. The quantitative estimate of drug-likeness (QED) is 0.665. The Hall–Kier alpha value is -3.41. The second-order valence-corrected chi connectivity index (χ2v) is 7.43. The highest BCUT2D eigenvalue weighted by atomic mass is 16.1. The third-order valence-electron chi connectivity index (χ3n) is 5.15. The molecule has 1 amide bonds. The van der Waals surface area contributed by atoms with E-state index in [-0.39, 0.29) is 5.91 Å². The van der Waals surface area contributed by atoms with Crippen LogP contribution in [0.5, 0.6) is 0 Å². The first-order valence-corrected chi connectivity index (χ1v) is 9.91. The first kappa shape index (κ1) is 18.9. The van der Waals surface area contributed by atoms with Gasteiger partial charge < -0.3 is 15.5 Å². The summed E-state index contributed by atoms with van der Waals surface area (Å²) in [5.74, 6) is 0.327. The molecule has 3 aromatic rings. The Bertz CT molecular complexity index is 1010. The van der Waals surface area contributed by atoms with Crippen molar-refractivity contribution in [1.29, 1.82) is 0 Å². The summed E-state index contributed by atoms with van der Waals surface area (Å²) in [6.45, 7) is 6.27. The lowest BCUT2D eigenvalue weighted by molar-refractivity contribution is 0.102. The Morgan fingerprint density at radius 1 is 0.966 bits per heavy atom. The number of hydrogen-bond acceptors (Lipinski definition) is 5. The lowest BCUT2D eigenvalue weighted by Crippen LogP contribution is -2.18. The van der Waals surface area contributed by atoms with Crippen LogP contribution in [0.2, 0.25) is 0 Å². The Morgan fingerprint density at radius 3 is 2.48 bits per heavy atom. The zero-order valence-corrected chi connectivity index (χ0v) is 16.8. The van der Waals surface area contributed by atoms with E-state index in [0.29, 0.717) is 11.5 Å². The first-order valence-electron chi connectivity index (χ1n) is 9.91. The van der Waals surface area contributed by atoms with E-state index in [1.807, 2.05) is 26.0 Å². The smallest absolute Gasteiger partial charge is 0.274 e. The van der Waals surface area contributed by atoms with E-state index in [4.69, 9.17) is 0 Å². The number of amides is 1. The molecular formula is C23H25N5O. The van der Waals surface area contributed by atoms with E-state index in [1.54, 1.807) is 6.07 Å². The summed E-state index contributed by atoms with van der Waals surface area (Å²) in [5, 5.41) is 6.19. The minimum Gasteiger partial charge on any atom is -0.372 e. The maximum absolute atomic E-state index is 12.6. The zero-order chi connectivity index (χ0) is 20.2. The number of nitrogens with zero attached hydrogens (tertiary/aromatic N) is 3. The summed E-state index contributed by atoms with van der Waals surface area (Å²) >= 11 is 0. The molecule has 1 fully saturated rings. The summed E-state index contributed by atoms with van der Waals surface area (Å²) in [5.41, 5.74) is 5.49. The average molecular weight is 387 g/mol. The van der Waals surface area contributed by atoms with Crippen molar-refractivity contribution < 1.29 is 4.79 Å². The van der Waals surface area contributed by atoms with Crippen molar-refractivity contribution in [3.63, 3.8) is 0 Å². The molecule has 1 aliphatic rings. The Morgan fingerprint density at radius 2 is 1.72 bits per heavy atom. The molecule has 1 saturated heterocycles. The minimum absolute atomic E-state index is 0.259. The molecule has 2 N–H and O–H groups in total. The number of hydrogen-bond donors (Lipinski definition) is 2. The van der Waals surface area contributed by atoms with Gasteiger partial charge in [0, 0.05) is 36.2 Å². The number of anilines is 4. The first-order chi connectivity index (χ1) is 14.1. The van der Waals surface area contributed by atoms with Gasteiger partial charge in [-0.2, -0.15) is 0 Å². The number of aryl methyl sites for hydroxylation is 2. The van der Waals surface area contributed by atoms with E-state index in [1.165, 1.54) is 24.9 Å². The van der Waals surface area contributed by atoms with Gasteiger partial charge in [-0.1, -0.05) is 12.1 Å². The molecule has 0 spiro atoms. The highest BCUT2D eigenvalue weighted by Gasteiger charge is 2.13. The molecule has 2 heterocycles. The van der Waals surface area contributed by atoms with Gasteiger partial charge in [0.25, 0.3) is 5.91 Å². The summed E-state index contributed by atoms with van der Waals surface area (Å²) in [6.07, 6.45) is 3.88. The van der Waals surface area contributed by atoms with Crippen LogP contribution in [0.1, 0.15) is 34.5 Å². The van der Waals surface area contributed by atoms with Crippen LogP contribution in [0, 0.1) is 13.8 Å². The third kappa shape index (κ3) is 4.54. The number of benzene rings is 2. The average Bonchev–Trinajstić information content (AvgIpc) is 3.26. The van der Waals surface area contributed by atoms with Gasteiger partial charge in [0.2, 0.25) is 0 Å². The predicted molar refractivity (Wildman–Crippen MR) is 117 cm³/mol. The van der Waals surface area contributed by atoms with Crippen molar-refractivity contribution in [2.45, 2.75) is 26.7 Å². The number of carbonyl (C=O) groups excluding carboxylic acids is 1. The van der Waals surface area contributed by atoms with Crippen LogP contribution >= 0.6 is 0 Å². The van der Waals surface area contributed by atoms with Gasteiger partial charge >= 0.3 is 0 Å². The van der Waals surface area contributed by atoms with Crippen LogP contribution in [0.25, 0.3) is 0 Å². The fourth-order valence-corrected chi connectivity index (χ4v) is 3.48. The topological polar surface area (TPSA) is 70.2 Å². The van der Waals surface area contributed by atoms with E-state index in [0.717, 1.165) is 35.6 Å². The van der Waals surface area contributed by atoms with Gasteiger partial charge in [-0.3, -0.25) is 4.79 Å². The lowest BCUT2D eigenvalue weighted by atomic mass is 10.1. The van der Waals surface area contributed by atoms with Gasteiger partial charge in [-0.25, -0.2) is 9.97 Å². The molecule has 0 saturated carbocycles. The molecule has 0 aliphatic carbocycles. The molecule has 0 radical (unpaired) electrons. The van der Waals surface area contributed by atoms with Crippen LogP contribution in [0.15, 0.2) is 54.9 Å². The molecular weight excluding hydrogens is 362 g/mol. The van der Waals surface area contributed by atoms with Gasteiger partial charge in [-0.15, -0.1) is 0 Å². The molecule has 4 rings (SSSR count). The van der Waals surface area contributed by atoms with Gasteiger partial charge in [0.15, 0.2) is 0 Å². The largest absolute Gasteiger partial charge is 0.372 e. The summed E-state index contributed by atoms with van der Waals surface area (Å²) < 4.78 is 0. The summed E-state index contributed by atoms with van der Waals surface area (Å²) in [7, 11) is 0. The predicted octanol–water partition coefficient (Wildman–Crippen LogP) is 4.69. The van der Waals surface area contributed by atoms with Crippen molar-refractivity contribution in [3.8, 4) is 0 Å². The molecule has 6 heteroatoms. The van der Waals surface area contributed by atoms with Crippen molar-refractivity contribution in [1.82, 2.24) is 9.97 Å². The zero-order valence-electron chi connectivity index (χ0n) is 16.8. The Labute approximate surface area is 171 Å². The van der Waals surface area contributed by atoms with Crippen LogP contribution in [0.3, 0.4) is 0 Å². The molecule has 148 valence electrons. The number of aromatic nitrogens is 2. The van der Waals surface area contributed by atoms with Crippen LogP contribution in [0.4, 0.5) is 22.9 Å². The van der Waals surface area contributed by atoms with Gasteiger partial charge in [0.05, 0.1) is 0 Å². The molecule has 0 unspecified atom stereocenters. The highest BCUT2D eigenvalue weighted by Crippen LogP contribution is 2.23. The van der Waals surface area contributed by atoms with Crippen molar-refractivity contribution in [2.75, 3.05) is 28.6 Å². The van der Waals surface area contributed by atoms with Crippen LogP contribution in [-0.2, 0) is 0 Å². The maximum Gasteiger partial charge on any atom is 0.274 e. The van der Waals surface area contributed by atoms with E-state index >= 15 is 0 Å². The number of nitrogens with one attached hydrogen (secondary N) is 2. The van der Waals surface area contributed by atoms with E-state index < -0.39 is 0 Å². The SMILES string of the molecule is Cc1ccc(C)c(Nc2cc(C(=O)Nc3ccc(N4CCCC4)cc3)ncn2)c1. The van der Waals surface area contributed by atoms with Crippen LogP contribution in [-0.4, -0.2) is 29.0 Å². The molecule has 0 atom stereocenters. The van der Waals surface area contributed by atoms with E-state index in [9.17, 15) is 4.79 Å². The second kappa shape index (κ2) is 8.31. The highest BCUT2D eigenvalue weighted by molar-refractivity contribution is 6.03. The molecule has 1 aliphatic heterocycles.